The number of nitrogens with one attached hydrogen (secondary N) is 1. The highest BCUT2D eigenvalue weighted by atomic mass is 16.2. The van der Waals surface area contributed by atoms with Gasteiger partial charge in [0.15, 0.2) is 5.65 Å². The molecule has 1 aliphatic heterocycles. The topological polar surface area (TPSA) is 71.6 Å². The van der Waals surface area contributed by atoms with Crippen molar-refractivity contribution >= 4 is 11.6 Å². The molecule has 24 heavy (non-hydrogen) atoms. The summed E-state index contributed by atoms with van der Waals surface area (Å²) < 4.78 is 2.94. The normalized spacial score (nSPS) is 17.9. The average Bonchev–Trinajstić information content (AvgIpc) is 3.17. The molecule has 1 aliphatic rings. The Morgan fingerprint density at radius 2 is 2.33 bits per heavy atom. The summed E-state index contributed by atoms with van der Waals surface area (Å²) in [5.41, 5.74) is 0.468. The van der Waals surface area contributed by atoms with Gasteiger partial charge in [-0.3, -0.25) is 14.1 Å². The maximum absolute atomic E-state index is 12.2. The second kappa shape index (κ2) is 7.32. The Kier molecular flexibility index (Phi) is 4.96. The summed E-state index contributed by atoms with van der Waals surface area (Å²) in [5, 5.41) is 7.20. The van der Waals surface area contributed by atoms with E-state index in [0.717, 1.165) is 19.4 Å². The van der Waals surface area contributed by atoms with Gasteiger partial charge in [-0.25, -0.2) is 9.48 Å². The van der Waals surface area contributed by atoms with Crippen LogP contribution in [0.1, 0.15) is 19.3 Å². The molecule has 1 saturated heterocycles. The zero-order chi connectivity index (χ0) is 16.9. The van der Waals surface area contributed by atoms with E-state index in [1.807, 2.05) is 11.0 Å². The first kappa shape index (κ1) is 16.3. The van der Waals surface area contributed by atoms with Gasteiger partial charge < -0.3 is 5.32 Å². The minimum atomic E-state index is -0.159. The highest BCUT2D eigenvalue weighted by Crippen LogP contribution is 2.16. The molecule has 1 fully saturated rings. The molecule has 0 bridgehead atoms. The molecule has 1 atom stereocenters. The first-order valence-electron chi connectivity index (χ1n) is 8.20. The monoisotopic (exact) mass is 327 g/mol. The molecular formula is C17H21N5O2. The number of rotatable bonds is 6. The lowest BCUT2D eigenvalue weighted by Crippen LogP contribution is -2.43. The van der Waals surface area contributed by atoms with E-state index in [9.17, 15) is 9.59 Å². The third-order valence-corrected chi connectivity index (χ3v) is 4.30. The van der Waals surface area contributed by atoms with E-state index in [1.165, 1.54) is 9.08 Å². The number of terminal acetylenes is 1. The summed E-state index contributed by atoms with van der Waals surface area (Å²) in [4.78, 5) is 26.4. The predicted molar refractivity (Wildman–Crippen MR) is 90.5 cm³/mol. The summed E-state index contributed by atoms with van der Waals surface area (Å²) in [6.45, 7) is 2.37. The molecule has 2 aromatic rings. The fourth-order valence-corrected chi connectivity index (χ4v) is 3.10. The summed E-state index contributed by atoms with van der Waals surface area (Å²) in [6, 6.07) is 5.30. The minimum absolute atomic E-state index is 0.0186. The van der Waals surface area contributed by atoms with Crippen molar-refractivity contribution in [2.45, 2.75) is 31.8 Å². The fraction of sp³-hybridized carbons (Fsp3) is 0.471. The predicted octanol–water partition coefficient (Wildman–Crippen LogP) is 0.0999. The lowest BCUT2D eigenvalue weighted by Gasteiger charge is -2.21. The molecular weight excluding hydrogens is 306 g/mol. The van der Waals surface area contributed by atoms with Crippen LogP contribution in [-0.2, 0) is 11.3 Å². The molecule has 1 amide bonds. The second-order valence-electron chi connectivity index (χ2n) is 5.91. The number of fused-ring (bicyclic) bond motifs is 1. The highest BCUT2D eigenvalue weighted by Gasteiger charge is 2.29. The van der Waals surface area contributed by atoms with Gasteiger partial charge in [-0.05, 0) is 37.9 Å². The van der Waals surface area contributed by atoms with Crippen molar-refractivity contribution in [1.82, 2.24) is 24.4 Å². The molecule has 1 N–H and O–H groups in total. The second-order valence-corrected chi connectivity index (χ2v) is 5.91. The van der Waals surface area contributed by atoms with Crippen LogP contribution in [0.5, 0.6) is 0 Å². The third kappa shape index (κ3) is 3.34. The van der Waals surface area contributed by atoms with Crippen molar-refractivity contribution in [3.8, 4) is 12.3 Å². The van der Waals surface area contributed by atoms with E-state index in [1.54, 1.807) is 18.3 Å². The van der Waals surface area contributed by atoms with Crippen LogP contribution in [0.3, 0.4) is 0 Å². The number of carbonyl (C=O) groups excluding carboxylic acids is 1. The molecule has 0 unspecified atom stereocenters. The molecule has 7 heteroatoms. The van der Waals surface area contributed by atoms with Crippen LogP contribution in [0.4, 0.5) is 0 Å². The number of aromatic nitrogens is 3. The van der Waals surface area contributed by atoms with E-state index in [-0.39, 0.29) is 17.6 Å². The maximum atomic E-state index is 12.2. The molecule has 0 aromatic carbocycles. The molecule has 0 spiro atoms. The highest BCUT2D eigenvalue weighted by molar-refractivity contribution is 5.82. The van der Waals surface area contributed by atoms with Crippen LogP contribution in [0, 0.1) is 12.3 Å². The number of aryl methyl sites for hydroxylation is 1. The number of carbonyl (C=O) groups is 1. The zero-order valence-corrected chi connectivity index (χ0v) is 13.5. The Morgan fingerprint density at radius 3 is 3.12 bits per heavy atom. The summed E-state index contributed by atoms with van der Waals surface area (Å²) in [7, 11) is 0. The zero-order valence-electron chi connectivity index (χ0n) is 13.5. The summed E-state index contributed by atoms with van der Waals surface area (Å²) in [5.74, 6) is 2.62. The number of amides is 1. The number of hydrogen-bond acceptors (Lipinski definition) is 4. The molecule has 3 rings (SSSR count). The van der Waals surface area contributed by atoms with Crippen LogP contribution in [0.15, 0.2) is 29.2 Å². The van der Waals surface area contributed by atoms with Crippen molar-refractivity contribution in [2.75, 3.05) is 19.6 Å². The Morgan fingerprint density at radius 1 is 1.46 bits per heavy atom. The van der Waals surface area contributed by atoms with Gasteiger partial charge in [0.2, 0.25) is 5.91 Å². The van der Waals surface area contributed by atoms with E-state index in [0.29, 0.717) is 31.7 Å². The number of hydrogen-bond donors (Lipinski definition) is 1. The Labute approximate surface area is 140 Å². The summed E-state index contributed by atoms with van der Waals surface area (Å²) >= 11 is 0. The Balaban J connectivity index is 1.50. The van der Waals surface area contributed by atoms with Crippen molar-refractivity contribution in [1.29, 1.82) is 0 Å². The number of nitrogens with zero attached hydrogens (tertiary/aromatic N) is 4. The van der Waals surface area contributed by atoms with Gasteiger partial charge in [0, 0.05) is 19.3 Å². The van der Waals surface area contributed by atoms with Gasteiger partial charge in [-0.15, -0.1) is 11.5 Å². The van der Waals surface area contributed by atoms with E-state index in [4.69, 9.17) is 6.42 Å². The molecule has 0 saturated carbocycles. The van der Waals surface area contributed by atoms with Gasteiger partial charge in [0.1, 0.15) is 0 Å². The van der Waals surface area contributed by atoms with Crippen molar-refractivity contribution in [3.05, 3.63) is 34.9 Å². The van der Waals surface area contributed by atoms with Crippen LogP contribution < -0.4 is 11.0 Å². The van der Waals surface area contributed by atoms with Crippen molar-refractivity contribution < 1.29 is 4.79 Å². The molecule has 0 radical (unpaired) electrons. The lowest BCUT2D eigenvalue weighted by molar-refractivity contribution is -0.125. The van der Waals surface area contributed by atoms with Gasteiger partial charge in [-0.2, -0.15) is 0 Å². The first-order valence-corrected chi connectivity index (χ1v) is 8.20. The largest absolute Gasteiger partial charge is 0.355 e. The van der Waals surface area contributed by atoms with Gasteiger partial charge in [-0.1, -0.05) is 12.0 Å². The van der Waals surface area contributed by atoms with Crippen molar-refractivity contribution in [3.63, 3.8) is 0 Å². The molecule has 3 heterocycles. The lowest BCUT2D eigenvalue weighted by atomic mass is 10.2. The molecule has 7 nitrogen and oxygen atoms in total. The molecule has 2 aromatic heterocycles. The van der Waals surface area contributed by atoms with Gasteiger partial charge in [0.05, 0.1) is 12.6 Å². The molecule has 0 aliphatic carbocycles. The average molecular weight is 327 g/mol. The summed E-state index contributed by atoms with van der Waals surface area (Å²) in [6.07, 6.45) is 9.53. The number of pyridine rings is 1. The van der Waals surface area contributed by atoms with Gasteiger partial charge in [0.25, 0.3) is 0 Å². The van der Waals surface area contributed by atoms with E-state index < -0.39 is 0 Å². The van der Waals surface area contributed by atoms with Crippen molar-refractivity contribution in [2.24, 2.45) is 0 Å². The Hall–Kier alpha value is -2.59. The van der Waals surface area contributed by atoms with Crippen LogP contribution in [0.2, 0.25) is 0 Å². The number of likely N-dealkylation sites (tertiary alicyclic amines) is 1. The van der Waals surface area contributed by atoms with Crippen LogP contribution in [-0.4, -0.2) is 50.7 Å². The van der Waals surface area contributed by atoms with E-state index in [2.05, 4.69) is 16.3 Å². The fourth-order valence-electron chi connectivity index (χ4n) is 3.10. The molecule has 126 valence electrons. The standard InChI is InChI=1S/C17H21N5O2/c1-2-10-20-11-5-7-14(20)16(23)18-9-6-13-22-17(24)21-12-4-3-8-15(21)19-22/h1,3-4,8,12,14H,5-7,9-11,13H2,(H,18,23)/t14-/m1/s1. The van der Waals surface area contributed by atoms with Gasteiger partial charge >= 0.3 is 5.69 Å². The minimum Gasteiger partial charge on any atom is -0.355 e. The maximum Gasteiger partial charge on any atom is 0.350 e. The van der Waals surface area contributed by atoms with E-state index >= 15 is 0 Å². The first-order chi connectivity index (χ1) is 11.7. The Bertz CT molecular complexity index is 816. The third-order valence-electron chi connectivity index (χ3n) is 4.30. The quantitative estimate of drug-likeness (QED) is 0.603. The SMILES string of the molecule is C#CCN1CCC[C@@H]1C(=O)NCCCn1nc2ccccn2c1=O. The smallest absolute Gasteiger partial charge is 0.350 e. The van der Waals surface area contributed by atoms with Crippen LogP contribution >= 0.6 is 0 Å². The van der Waals surface area contributed by atoms with Crippen LogP contribution in [0.25, 0.3) is 5.65 Å².